The van der Waals surface area contributed by atoms with Crippen molar-refractivity contribution >= 4 is 0 Å². The van der Waals surface area contributed by atoms with Gasteiger partial charge in [-0.15, -0.1) is 0 Å². The molecule has 2 aliphatic carbocycles. The molecule has 1 fully saturated rings. The molecule has 0 amide bonds. The minimum Gasteiger partial charge on any atom is -0.228 e. The number of hydrogen-bond acceptors (Lipinski definition) is 5. The highest BCUT2D eigenvalue weighted by Gasteiger charge is 2.43. The standard InChI is InChI=1S/C55H41N5/c1-5-16-37(17-6-1)38-26-28-39(29-27-38)49-36-50(57-51(56-49)40-18-7-2-8-19-40)42-22-15-23-43(34-42)53-58-52(41-20-9-3-10-21-41)59-54(60-53)44-30-31-46-45-24-11-12-25-47(45)55(48(46)35-44)32-13-4-14-33-55/h1-3,5-12,15-31,34-36H,4,13-14,32-33H2. The van der Waals surface area contributed by atoms with Gasteiger partial charge in [0.25, 0.3) is 0 Å². The Morgan fingerprint density at radius 3 is 1.40 bits per heavy atom. The summed E-state index contributed by atoms with van der Waals surface area (Å²) in [6, 6.07) is 65.8. The fourth-order valence-electron chi connectivity index (χ4n) is 9.38. The lowest BCUT2D eigenvalue weighted by Crippen LogP contribution is -2.28. The molecule has 9 aromatic rings. The molecule has 0 saturated heterocycles. The molecule has 0 N–H and O–H groups in total. The van der Waals surface area contributed by atoms with Gasteiger partial charge in [-0.3, -0.25) is 0 Å². The van der Waals surface area contributed by atoms with E-state index in [1.165, 1.54) is 59.9 Å². The lowest BCUT2D eigenvalue weighted by molar-refractivity contribution is 0.353. The summed E-state index contributed by atoms with van der Waals surface area (Å²) in [5.41, 5.74) is 15.4. The van der Waals surface area contributed by atoms with Crippen molar-refractivity contribution in [2.75, 3.05) is 0 Å². The van der Waals surface area contributed by atoms with E-state index in [0.717, 1.165) is 50.3 Å². The molecule has 5 nitrogen and oxygen atoms in total. The summed E-state index contributed by atoms with van der Waals surface area (Å²) in [4.78, 5) is 25.8. The molecule has 1 saturated carbocycles. The van der Waals surface area contributed by atoms with Crippen LogP contribution >= 0.6 is 0 Å². The maximum Gasteiger partial charge on any atom is 0.164 e. The van der Waals surface area contributed by atoms with Crippen molar-refractivity contribution in [2.24, 2.45) is 0 Å². The lowest BCUT2D eigenvalue weighted by Gasteiger charge is -2.36. The summed E-state index contributed by atoms with van der Waals surface area (Å²) < 4.78 is 0. The minimum atomic E-state index is 0.0333. The normalized spacial score (nSPS) is 13.8. The van der Waals surface area contributed by atoms with Crippen molar-refractivity contribution in [3.63, 3.8) is 0 Å². The highest BCUT2D eigenvalue weighted by Crippen LogP contribution is 2.56. The maximum atomic E-state index is 5.25. The molecule has 0 unspecified atom stereocenters. The van der Waals surface area contributed by atoms with E-state index in [0.29, 0.717) is 23.3 Å². The van der Waals surface area contributed by atoms with Crippen molar-refractivity contribution in [1.82, 2.24) is 24.9 Å². The summed E-state index contributed by atoms with van der Waals surface area (Å²) >= 11 is 0. The first-order chi connectivity index (χ1) is 29.7. The number of aromatic nitrogens is 5. The Morgan fingerprint density at radius 2 is 0.733 bits per heavy atom. The van der Waals surface area contributed by atoms with E-state index in [1.807, 2.05) is 42.5 Å². The Kier molecular flexibility index (Phi) is 9.00. The van der Waals surface area contributed by atoms with Gasteiger partial charge in [-0.25, -0.2) is 24.9 Å². The van der Waals surface area contributed by atoms with Crippen molar-refractivity contribution in [1.29, 1.82) is 0 Å². The van der Waals surface area contributed by atoms with E-state index in [4.69, 9.17) is 24.9 Å². The molecule has 1 spiro atoms. The molecule has 2 heterocycles. The van der Waals surface area contributed by atoms with Crippen molar-refractivity contribution < 1.29 is 0 Å². The van der Waals surface area contributed by atoms with Crippen molar-refractivity contribution in [2.45, 2.75) is 37.5 Å². The lowest BCUT2D eigenvalue weighted by atomic mass is 9.67. The van der Waals surface area contributed by atoms with E-state index in [-0.39, 0.29) is 5.41 Å². The second-order valence-electron chi connectivity index (χ2n) is 16.0. The molecular weight excluding hydrogens is 731 g/mol. The van der Waals surface area contributed by atoms with E-state index in [2.05, 4.69) is 146 Å². The molecule has 286 valence electrons. The van der Waals surface area contributed by atoms with Crippen LogP contribution in [0.2, 0.25) is 0 Å². The second kappa shape index (κ2) is 15.1. The molecular formula is C55H41N5. The van der Waals surface area contributed by atoms with Gasteiger partial charge >= 0.3 is 0 Å². The molecule has 60 heavy (non-hydrogen) atoms. The van der Waals surface area contributed by atoms with Gasteiger partial charge in [0.15, 0.2) is 23.3 Å². The van der Waals surface area contributed by atoms with Crippen LogP contribution in [0.5, 0.6) is 0 Å². The zero-order valence-electron chi connectivity index (χ0n) is 33.2. The van der Waals surface area contributed by atoms with Crippen LogP contribution in [0.1, 0.15) is 43.2 Å². The monoisotopic (exact) mass is 771 g/mol. The molecule has 7 aromatic carbocycles. The van der Waals surface area contributed by atoms with Crippen molar-refractivity contribution in [3.05, 3.63) is 199 Å². The maximum absolute atomic E-state index is 5.25. The van der Waals surface area contributed by atoms with Crippen LogP contribution in [0.15, 0.2) is 188 Å². The Bertz CT molecular complexity index is 2990. The third-order valence-corrected chi connectivity index (χ3v) is 12.4. The van der Waals surface area contributed by atoms with Crippen LogP contribution in [0.25, 0.3) is 90.3 Å². The number of rotatable bonds is 7. The Hall–Kier alpha value is -7.37. The molecule has 0 atom stereocenters. The van der Waals surface area contributed by atoms with Crippen LogP contribution in [-0.4, -0.2) is 24.9 Å². The first kappa shape index (κ1) is 35.8. The van der Waals surface area contributed by atoms with Gasteiger partial charge in [-0.1, -0.05) is 189 Å². The largest absolute Gasteiger partial charge is 0.228 e. The second-order valence-corrected chi connectivity index (χ2v) is 16.0. The van der Waals surface area contributed by atoms with Crippen LogP contribution in [0.4, 0.5) is 0 Å². The molecule has 11 rings (SSSR count). The highest BCUT2D eigenvalue weighted by molar-refractivity contribution is 5.84. The van der Waals surface area contributed by atoms with Crippen molar-refractivity contribution in [3.8, 4) is 90.3 Å². The molecule has 0 radical (unpaired) electrons. The third kappa shape index (κ3) is 6.49. The highest BCUT2D eigenvalue weighted by atomic mass is 15.0. The van der Waals surface area contributed by atoms with Crippen LogP contribution in [0.3, 0.4) is 0 Å². The van der Waals surface area contributed by atoms with Crippen LogP contribution < -0.4 is 0 Å². The number of hydrogen-bond donors (Lipinski definition) is 0. The van der Waals surface area contributed by atoms with Gasteiger partial charge in [-0.05, 0) is 64.4 Å². The van der Waals surface area contributed by atoms with E-state index < -0.39 is 0 Å². The topological polar surface area (TPSA) is 64.5 Å². The van der Waals surface area contributed by atoms with Crippen LogP contribution in [0, 0.1) is 0 Å². The Morgan fingerprint density at radius 1 is 0.283 bits per heavy atom. The first-order valence-electron chi connectivity index (χ1n) is 21.0. The molecule has 5 heteroatoms. The van der Waals surface area contributed by atoms with Gasteiger partial charge in [0.2, 0.25) is 0 Å². The van der Waals surface area contributed by atoms with Gasteiger partial charge < -0.3 is 0 Å². The zero-order chi connectivity index (χ0) is 39.9. The molecule has 2 aliphatic rings. The summed E-state index contributed by atoms with van der Waals surface area (Å²) in [6.45, 7) is 0. The molecule has 0 bridgehead atoms. The van der Waals surface area contributed by atoms with Gasteiger partial charge in [-0.2, -0.15) is 0 Å². The Balaban J connectivity index is 1.02. The predicted molar refractivity (Wildman–Crippen MR) is 243 cm³/mol. The summed E-state index contributed by atoms with van der Waals surface area (Å²) in [5, 5.41) is 0. The van der Waals surface area contributed by atoms with E-state index in [1.54, 1.807) is 0 Å². The summed E-state index contributed by atoms with van der Waals surface area (Å²) in [6.07, 6.45) is 6.11. The number of fused-ring (bicyclic) bond motifs is 5. The molecule has 0 aliphatic heterocycles. The quantitative estimate of drug-likeness (QED) is 0.161. The van der Waals surface area contributed by atoms with E-state index >= 15 is 0 Å². The number of nitrogens with zero attached hydrogens (tertiary/aromatic N) is 5. The zero-order valence-corrected chi connectivity index (χ0v) is 33.2. The molecule has 2 aromatic heterocycles. The predicted octanol–water partition coefficient (Wildman–Crippen LogP) is 13.6. The van der Waals surface area contributed by atoms with Gasteiger partial charge in [0.1, 0.15) is 0 Å². The minimum absolute atomic E-state index is 0.0333. The fourth-order valence-corrected chi connectivity index (χ4v) is 9.38. The fraction of sp³-hybridized carbons (Fsp3) is 0.109. The average molecular weight is 772 g/mol. The first-order valence-corrected chi connectivity index (χ1v) is 21.0. The average Bonchev–Trinajstić information content (AvgIpc) is 3.60. The van der Waals surface area contributed by atoms with E-state index in [9.17, 15) is 0 Å². The smallest absolute Gasteiger partial charge is 0.164 e. The van der Waals surface area contributed by atoms with Gasteiger partial charge in [0.05, 0.1) is 11.4 Å². The third-order valence-electron chi connectivity index (χ3n) is 12.4. The summed E-state index contributed by atoms with van der Waals surface area (Å²) in [7, 11) is 0. The number of benzene rings is 7. The summed E-state index contributed by atoms with van der Waals surface area (Å²) in [5.74, 6) is 2.60. The SMILES string of the molecule is c1ccc(-c2ccc(-c3cc(-c4cccc(-c5nc(-c6ccccc6)nc(-c6ccc7c(c6)C6(CCCCC6)c6ccccc6-7)n5)c4)nc(-c4ccccc4)n3)cc2)cc1. The Labute approximate surface area is 350 Å². The van der Waals surface area contributed by atoms with Crippen LogP contribution in [-0.2, 0) is 5.41 Å². The van der Waals surface area contributed by atoms with Gasteiger partial charge in [0, 0.05) is 38.8 Å².